The second kappa shape index (κ2) is 7.08. The Labute approximate surface area is 122 Å². The molecule has 2 rings (SSSR count). The first-order valence-electron chi connectivity index (χ1n) is 7.89. The standard InChI is InChI=1S/C16H27N3O/c1-18(9-6-16(20)19(2)8-3-7-17)12-15-11-13-4-5-14(15)10-13/h13-15H,3-6,8-12H2,1-2H3. The minimum atomic E-state index is 0.153. The van der Waals surface area contributed by atoms with E-state index in [1.165, 1.54) is 25.7 Å². The van der Waals surface area contributed by atoms with Crippen LogP contribution in [0.1, 0.15) is 38.5 Å². The lowest BCUT2D eigenvalue weighted by molar-refractivity contribution is -0.130. The molecule has 0 saturated heterocycles. The summed E-state index contributed by atoms with van der Waals surface area (Å²) in [5, 5.41) is 8.53. The molecule has 20 heavy (non-hydrogen) atoms. The topological polar surface area (TPSA) is 47.3 Å². The summed E-state index contributed by atoms with van der Waals surface area (Å²) in [6, 6.07) is 2.08. The molecule has 3 unspecified atom stereocenters. The van der Waals surface area contributed by atoms with Gasteiger partial charge in [-0.25, -0.2) is 0 Å². The number of carbonyl (C=O) groups is 1. The van der Waals surface area contributed by atoms with E-state index in [0.717, 1.165) is 30.8 Å². The minimum absolute atomic E-state index is 0.153. The molecular weight excluding hydrogens is 250 g/mol. The Kier molecular flexibility index (Phi) is 5.42. The maximum absolute atomic E-state index is 11.9. The summed E-state index contributed by atoms with van der Waals surface area (Å²) in [6.45, 7) is 2.53. The van der Waals surface area contributed by atoms with Crippen molar-refractivity contribution in [2.75, 3.05) is 33.7 Å². The van der Waals surface area contributed by atoms with Crippen LogP contribution in [-0.2, 0) is 4.79 Å². The fourth-order valence-corrected chi connectivity index (χ4v) is 3.91. The lowest BCUT2D eigenvalue weighted by Gasteiger charge is -2.27. The summed E-state index contributed by atoms with van der Waals surface area (Å²) < 4.78 is 0. The third-order valence-corrected chi connectivity index (χ3v) is 5.12. The van der Waals surface area contributed by atoms with Gasteiger partial charge in [0.2, 0.25) is 5.91 Å². The van der Waals surface area contributed by atoms with Crippen molar-refractivity contribution in [3.05, 3.63) is 0 Å². The highest BCUT2D eigenvalue weighted by atomic mass is 16.2. The molecule has 112 valence electrons. The van der Waals surface area contributed by atoms with Gasteiger partial charge in [-0.15, -0.1) is 0 Å². The van der Waals surface area contributed by atoms with Crippen LogP contribution < -0.4 is 0 Å². The van der Waals surface area contributed by atoms with Crippen molar-refractivity contribution in [2.45, 2.75) is 38.5 Å². The van der Waals surface area contributed by atoms with Gasteiger partial charge in [0.1, 0.15) is 0 Å². The van der Waals surface area contributed by atoms with Crippen molar-refractivity contribution in [1.82, 2.24) is 9.80 Å². The third kappa shape index (κ3) is 3.96. The van der Waals surface area contributed by atoms with E-state index in [0.29, 0.717) is 19.4 Å². The van der Waals surface area contributed by atoms with Gasteiger partial charge in [-0.2, -0.15) is 5.26 Å². The fourth-order valence-electron chi connectivity index (χ4n) is 3.91. The van der Waals surface area contributed by atoms with Crippen molar-refractivity contribution >= 4 is 5.91 Å². The molecule has 2 aliphatic carbocycles. The number of rotatable bonds is 7. The third-order valence-electron chi connectivity index (χ3n) is 5.12. The Bertz CT molecular complexity index is 376. The molecular formula is C16H27N3O. The van der Waals surface area contributed by atoms with Crippen molar-refractivity contribution in [1.29, 1.82) is 5.26 Å². The predicted octanol–water partition coefficient (Wildman–Crippen LogP) is 2.12. The average molecular weight is 277 g/mol. The lowest BCUT2D eigenvalue weighted by atomic mass is 9.88. The summed E-state index contributed by atoms with van der Waals surface area (Å²) in [5.74, 6) is 2.97. The van der Waals surface area contributed by atoms with Gasteiger partial charge in [-0.3, -0.25) is 4.79 Å². The molecule has 0 radical (unpaired) electrons. The zero-order valence-electron chi connectivity index (χ0n) is 12.8. The Hall–Kier alpha value is -1.08. The van der Waals surface area contributed by atoms with Crippen LogP contribution in [0, 0.1) is 29.1 Å². The van der Waals surface area contributed by atoms with Gasteiger partial charge >= 0.3 is 0 Å². The number of nitrogens with zero attached hydrogens (tertiary/aromatic N) is 3. The van der Waals surface area contributed by atoms with Crippen LogP contribution in [0.25, 0.3) is 0 Å². The Balaban J connectivity index is 1.63. The minimum Gasteiger partial charge on any atom is -0.345 e. The van der Waals surface area contributed by atoms with Crippen LogP contribution >= 0.6 is 0 Å². The van der Waals surface area contributed by atoms with Gasteiger partial charge < -0.3 is 9.80 Å². The van der Waals surface area contributed by atoms with Crippen molar-refractivity contribution in [3.8, 4) is 6.07 Å². The van der Waals surface area contributed by atoms with Gasteiger partial charge in [0.05, 0.1) is 12.5 Å². The number of fused-ring (bicyclic) bond motifs is 2. The van der Waals surface area contributed by atoms with Gasteiger partial charge in [0.15, 0.2) is 0 Å². The van der Waals surface area contributed by atoms with Crippen LogP contribution in [0.2, 0.25) is 0 Å². The number of hydrogen-bond acceptors (Lipinski definition) is 3. The molecule has 2 bridgehead atoms. The molecule has 1 amide bonds. The molecule has 3 atom stereocenters. The van der Waals surface area contributed by atoms with E-state index >= 15 is 0 Å². The maximum atomic E-state index is 11.9. The first kappa shape index (κ1) is 15.3. The van der Waals surface area contributed by atoms with E-state index in [4.69, 9.17) is 5.26 Å². The highest BCUT2D eigenvalue weighted by Gasteiger charge is 2.39. The van der Waals surface area contributed by atoms with Crippen LogP contribution in [0.3, 0.4) is 0 Å². The monoisotopic (exact) mass is 277 g/mol. The lowest BCUT2D eigenvalue weighted by Crippen LogP contribution is -2.34. The van der Waals surface area contributed by atoms with Crippen molar-refractivity contribution in [3.63, 3.8) is 0 Å². The van der Waals surface area contributed by atoms with Gasteiger partial charge in [0, 0.05) is 33.1 Å². The molecule has 0 aromatic rings. The highest BCUT2D eigenvalue weighted by Crippen LogP contribution is 2.48. The van der Waals surface area contributed by atoms with E-state index in [9.17, 15) is 4.79 Å². The number of nitriles is 1. The predicted molar refractivity (Wildman–Crippen MR) is 78.9 cm³/mol. The van der Waals surface area contributed by atoms with Crippen LogP contribution in [0.5, 0.6) is 0 Å². The first-order valence-corrected chi connectivity index (χ1v) is 7.89. The van der Waals surface area contributed by atoms with Crippen LogP contribution in [0.4, 0.5) is 0 Å². The number of amides is 1. The van der Waals surface area contributed by atoms with Crippen LogP contribution in [-0.4, -0.2) is 49.4 Å². The zero-order valence-corrected chi connectivity index (χ0v) is 12.8. The molecule has 2 aliphatic rings. The summed E-state index contributed by atoms with van der Waals surface area (Å²) in [4.78, 5) is 15.9. The molecule has 2 saturated carbocycles. The molecule has 4 heteroatoms. The van der Waals surface area contributed by atoms with E-state index in [1.54, 1.807) is 11.9 Å². The first-order chi connectivity index (χ1) is 9.60. The Morgan fingerprint density at radius 2 is 2.05 bits per heavy atom. The van der Waals surface area contributed by atoms with E-state index in [2.05, 4.69) is 18.0 Å². The molecule has 0 aromatic carbocycles. The fraction of sp³-hybridized carbons (Fsp3) is 0.875. The molecule has 0 aromatic heterocycles. The highest BCUT2D eigenvalue weighted by molar-refractivity contribution is 5.76. The van der Waals surface area contributed by atoms with Gasteiger partial charge in [0.25, 0.3) is 0 Å². The normalized spacial score (nSPS) is 27.8. The SMILES string of the molecule is CN(CCC(=O)N(C)CCC#N)CC1CC2CCC1C2. The molecule has 0 aliphatic heterocycles. The van der Waals surface area contributed by atoms with Gasteiger partial charge in [-0.05, 0) is 44.1 Å². The Morgan fingerprint density at radius 1 is 1.25 bits per heavy atom. The smallest absolute Gasteiger partial charge is 0.223 e. The summed E-state index contributed by atoms with van der Waals surface area (Å²) in [5.41, 5.74) is 0. The van der Waals surface area contributed by atoms with Gasteiger partial charge in [-0.1, -0.05) is 6.42 Å². The average Bonchev–Trinajstić information content (AvgIpc) is 3.04. The molecule has 4 nitrogen and oxygen atoms in total. The van der Waals surface area contributed by atoms with Crippen molar-refractivity contribution in [2.24, 2.45) is 17.8 Å². The number of carbonyl (C=O) groups excluding carboxylic acids is 1. The second-order valence-corrected chi connectivity index (χ2v) is 6.67. The van der Waals surface area contributed by atoms with Crippen molar-refractivity contribution < 1.29 is 4.79 Å². The largest absolute Gasteiger partial charge is 0.345 e. The van der Waals surface area contributed by atoms with E-state index in [-0.39, 0.29) is 5.91 Å². The quantitative estimate of drug-likeness (QED) is 0.716. The van der Waals surface area contributed by atoms with Crippen LogP contribution in [0.15, 0.2) is 0 Å². The molecule has 0 N–H and O–H groups in total. The van der Waals surface area contributed by atoms with E-state index < -0.39 is 0 Å². The molecule has 0 spiro atoms. The number of hydrogen-bond donors (Lipinski definition) is 0. The second-order valence-electron chi connectivity index (χ2n) is 6.67. The zero-order chi connectivity index (χ0) is 14.5. The Morgan fingerprint density at radius 3 is 2.65 bits per heavy atom. The van der Waals surface area contributed by atoms with E-state index in [1.807, 2.05) is 0 Å². The summed E-state index contributed by atoms with van der Waals surface area (Å²) in [6.07, 6.45) is 6.73. The maximum Gasteiger partial charge on any atom is 0.223 e. The summed E-state index contributed by atoms with van der Waals surface area (Å²) in [7, 11) is 3.92. The molecule has 0 heterocycles. The summed E-state index contributed by atoms with van der Waals surface area (Å²) >= 11 is 0. The molecule has 2 fully saturated rings.